The summed E-state index contributed by atoms with van der Waals surface area (Å²) in [6.45, 7) is 4.89. The number of nitrogens with two attached hydrogens (primary N) is 2. The molecule has 0 saturated heterocycles. The number of ether oxygens (including phenoxy) is 1. The van der Waals surface area contributed by atoms with E-state index in [1.54, 1.807) is 6.92 Å². The molecule has 11 heteroatoms. The van der Waals surface area contributed by atoms with Crippen molar-refractivity contribution in [1.82, 2.24) is 15.6 Å². The van der Waals surface area contributed by atoms with E-state index in [9.17, 15) is 24.3 Å². The van der Waals surface area contributed by atoms with E-state index in [0.717, 1.165) is 22.2 Å². The number of rotatable bonds is 9. The van der Waals surface area contributed by atoms with Crippen molar-refractivity contribution < 1.29 is 29.0 Å². The summed E-state index contributed by atoms with van der Waals surface area (Å²) in [4.78, 5) is 53.7. The number of aliphatic hydroxyl groups is 1. The Morgan fingerprint density at radius 1 is 1.20 bits per heavy atom. The maximum absolute atomic E-state index is 13.6. The molecule has 0 unspecified atom stereocenters. The summed E-state index contributed by atoms with van der Waals surface area (Å²) >= 11 is 0. The molecule has 1 aromatic carbocycles. The number of carbonyl (C=O) groups is 4. The maximum atomic E-state index is 13.6. The van der Waals surface area contributed by atoms with E-state index in [4.69, 9.17) is 16.2 Å². The number of H-pyrrole nitrogens is 1. The van der Waals surface area contributed by atoms with Gasteiger partial charge >= 0.3 is 6.09 Å². The lowest BCUT2D eigenvalue weighted by atomic mass is 9.78. The third-order valence-corrected chi connectivity index (χ3v) is 6.72. The highest BCUT2D eigenvalue weighted by Crippen LogP contribution is 2.34. The Morgan fingerprint density at radius 3 is 2.49 bits per heavy atom. The quantitative estimate of drug-likeness (QED) is 0.296. The van der Waals surface area contributed by atoms with Gasteiger partial charge in [-0.3, -0.25) is 14.4 Å². The fourth-order valence-electron chi connectivity index (χ4n) is 4.54. The van der Waals surface area contributed by atoms with Crippen molar-refractivity contribution in [2.24, 2.45) is 17.4 Å². The standard InChI is InChI=1S/C24H33N5O6/c1-4-12(2)19(35-23(26)34)21(32)29-24(22(33)28-18(13(3)30)20(25)31)10-9-17-15(11-24)14-7-5-6-8-16(14)27-17/h5-8,12-13,18-19,27,30H,4,9-11H2,1-3H3,(H2,25,31)(H2,26,34)(H,28,33)(H,29,32)/t12-,13+,18-,19-,24+/m0/s1. The van der Waals surface area contributed by atoms with E-state index < -0.39 is 47.6 Å². The van der Waals surface area contributed by atoms with Crippen LogP contribution in [0.3, 0.4) is 0 Å². The predicted molar refractivity (Wildman–Crippen MR) is 128 cm³/mol. The number of carbonyl (C=O) groups excluding carboxylic acids is 4. The number of para-hydroxylation sites is 1. The van der Waals surface area contributed by atoms with E-state index in [2.05, 4.69) is 15.6 Å². The molecule has 11 nitrogen and oxygen atoms in total. The number of nitrogens with one attached hydrogen (secondary N) is 3. The molecular formula is C24H33N5O6. The van der Waals surface area contributed by atoms with E-state index in [-0.39, 0.29) is 18.8 Å². The Morgan fingerprint density at radius 2 is 1.89 bits per heavy atom. The molecule has 0 fully saturated rings. The molecule has 1 heterocycles. The van der Waals surface area contributed by atoms with Gasteiger partial charge in [-0.15, -0.1) is 0 Å². The molecule has 1 aliphatic carbocycles. The highest BCUT2D eigenvalue weighted by atomic mass is 16.6. The molecule has 35 heavy (non-hydrogen) atoms. The number of aromatic nitrogens is 1. The zero-order valence-electron chi connectivity index (χ0n) is 20.1. The molecule has 0 bridgehead atoms. The second-order valence-electron chi connectivity index (χ2n) is 9.21. The largest absolute Gasteiger partial charge is 0.436 e. The van der Waals surface area contributed by atoms with Crippen LogP contribution in [0.2, 0.25) is 0 Å². The monoisotopic (exact) mass is 487 g/mol. The Bertz CT molecular complexity index is 1130. The van der Waals surface area contributed by atoms with Crippen LogP contribution in [-0.4, -0.2) is 57.7 Å². The van der Waals surface area contributed by atoms with Gasteiger partial charge in [0, 0.05) is 28.9 Å². The third-order valence-electron chi connectivity index (χ3n) is 6.72. The van der Waals surface area contributed by atoms with Crippen LogP contribution in [0.25, 0.3) is 10.9 Å². The van der Waals surface area contributed by atoms with Gasteiger partial charge in [-0.25, -0.2) is 4.79 Å². The van der Waals surface area contributed by atoms with Gasteiger partial charge in [0.05, 0.1) is 6.10 Å². The topological polar surface area (TPSA) is 190 Å². The minimum atomic E-state index is -1.50. The first-order chi connectivity index (χ1) is 16.5. The van der Waals surface area contributed by atoms with Crippen LogP contribution in [0.4, 0.5) is 4.79 Å². The molecule has 2 aromatic rings. The SMILES string of the molecule is CC[C@H](C)[C@H](OC(N)=O)C(=O)N[C@]1(C(=O)N[C@H](C(N)=O)[C@@H](C)O)CCc2[nH]c3ccccc3c2C1. The number of primary amides is 2. The Hall–Kier alpha value is -3.60. The number of benzene rings is 1. The molecule has 1 aliphatic rings. The molecule has 190 valence electrons. The average Bonchev–Trinajstić information content (AvgIpc) is 3.17. The van der Waals surface area contributed by atoms with Gasteiger partial charge in [0.2, 0.25) is 11.8 Å². The number of hydrogen-bond donors (Lipinski definition) is 6. The van der Waals surface area contributed by atoms with E-state index in [1.165, 1.54) is 6.92 Å². The summed E-state index contributed by atoms with van der Waals surface area (Å²) in [5.74, 6) is -2.63. The molecule has 3 rings (SSSR count). The van der Waals surface area contributed by atoms with Crippen LogP contribution in [0.5, 0.6) is 0 Å². The maximum Gasteiger partial charge on any atom is 0.405 e. The summed E-state index contributed by atoms with van der Waals surface area (Å²) in [6, 6.07) is 6.25. The van der Waals surface area contributed by atoms with Crippen LogP contribution >= 0.6 is 0 Å². The lowest BCUT2D eigenvalue weighted by Gasteiger charge is -2.39. The first kappa shape index (κ1) is 26.0. The number of aliphatic hydroxyl groups excluding tert-OH is 1. The van der Waals surface area contributed by atoms with Gasteiger partial charge in [0.15, 0.2) is 6.10 Å². The highest BCUT2D eigenvalue weighted by Gasteiger charge is 2.47. The van der Waals surface area contributed by atoms with Crippen LogP contribution in [-0.2, 0) is 32.0 Å². The van der Waals surface area contributed by atoms with Crippen molar-refractivity contribution in [3.8, 4) is 0 Å². The molecule has 0 aliphatic heterocycles. The zero-order chi connectivity index (χ0) is 25.9. The van der Waals surface area contributed by atoms with Crippen molar-refractivity contribution in [3.63, 3.8) is 0 Å². The Balaban J connectivity index is 2.02. The summed E-state index contributed by atoms with van der Waals surface area (Å²) in [5, 5.41) is 16.2. The van der Waals surface area contributed by atoms with Gasteiger partial charge < -0.3 is 36.9 Å². The minimum absolute atomic E-state index is 0.110. The zero-order valence-corrected chi connectivity index (χ0v) is 20.1. The lowest BCUT2D eigenvalue weighted by molar-refractivity contribution is -0.141. The van der Waals surface area contributed by atoms with Crippen LogP contribution in [0.15, 0.2) is 24.3 Å². The Kier molecular flexibility index (Phi) is 7.69. The first-order valence-corrected chi connectivity index (χ1v) is 11.6. The van der Waals surface area contributed by atoms with Crippen LogP contribution in [0.1, 0.15) is 44.9 Å². The molecule has 0 spiro atoms. The number of hydrogen-bond acceptors (Lipinski definition) is 6. The number of fused-ring (bicyclic) bond motifs is 3. The van der Waals surface area contributed by atoms with Gasteiger partial charge in [-0.2, -0.15) is 0 Å². The summed E-state index contributed by atoms with van der Waals surface area (Å²) < 4.78 is 5.09. The van der Waals surface area contributed by atoms with Crippen molar-refractivity contribution in [2.75, 3.05) is 0 Å². The van der Waals surface area contributed by atoms with E-state index >= 15 is 0 Å². The third kappa shape index (κ3) is 5.40. The Labute approximate surface area is 202 Å². The molecule has 0 saturated carbocycles. The predicted octanol–water partition coefficient (Wildman–Crippen LogP) is 0.373. The summed E-state index contributed by atoms with van der Waals surface area (Å²) in [5.41, 5.74) is 11.8. The average molecular weight is 488 g/mol. The molecule has 8 N–H and O–H groups in total. The van der Waals surface area contributed by atoms with Crippen molar-refractivity contribution in [3.05, 3.63) is 35.5 Å². The fraction of sp³-hybridized carbons (Fsp3) is 0.500. The van der Waals surface area contributed by atoms with Gasteiger partial charge in [-0.1, -0.05) is 32.0 Å². The second kappa shape index (κ2) is 10.3. The van der Waals surface area contributed by atoms with E-state index in [0.29, 0.717) is 12.8 Å². The minimum Gasteiger partial charge on any atom is -0.436 e. The molecule has 4 amide bonds. The van der Waals surface area contributed by atoms with Crippen molar-refractivity contribution in [1.29, 1.82) is 0 Å². The lowest BCUT2D eigenvalue weighted by Crippen LogP contribution is -2.66. The fourth-order valence-corrected chi connectivity index (χ4v) is 4.54. The highest BCUT2D eigenvalue weighted by molar-refractivity contribution is 5.97. The summed E-state index contributed by atoms with van der Waals surface area (Å²) in [6.07, 6.45) is -2.31. The normalized spacial score (nSPS) is 20.7. The van der Waals surface area contributed by atoms with Gasteiger partial charge in [-0.05, 0) is 37.8 Å². The molecule has 1 aromatic heterocycles. The molecule has 0 radical (unpaired) electrons. The van der Waals surface area contributed by atoms with Crippen LogP contribution < -0.4 is 22.1 Å². The molecule has 5 atom stereocenters. The first-order valence-electron chi connectivity index (χ1n) is 11.6. The summed E-state index contributed by atoms with van der Waals surface area (Å²) in [7, 11) is 0. The number of aryl methyl sites for hydroxylation is 1. The second-order valence-corrected chi connectivity index (χ2v) is 9.21. The van der Waals surface area contributed by atoms with Gasteiger partial charge in [0.1, 0.15) is 11.6 Å². The number of amides is 4. The van der Waals surface area contributed by atoms with Crippen molar-refractivity contribution >= 4 is 34.7 Å². The smallest absolute Gasteiger partial charge is 0.405 e. The van der Waals surface area contributed by atoms with E-state index in [1.807, 2.05) is 31.2 Å². The van der Waals surface area contributed by atoms with Crippen LogP contribution in [0, 0.1) is 5.92 Å². The van der Waals surface area contributed by atoms with Crippen molar-refractivity contribution in [2.45, 2.75) is 70.2 Å². The number of aromatic amines is 1. The van der Waals surface area contributed by atoms with Gasteiger partial charge in [0.25, 0.3) is 5.91 Å². The molecular weight excluding hydrogens is 454 g/mol.